The van der Waals surface area contributed by atoms with Crippen LogP contribution in [0.5, 0.6) is 5.75 Å². The number of carbonyl (C=O) groups excluding carboxylic acids is 2. The third-order valence-corrected chi connectivity index (χ3v) is 6.11. The van der Waals surface area contributed by atoms with Gasteiger partial charge in [0.05, 0.1) is 12.5 Å². The van der Waals surface area contributed by atoms with Gasteiger partial charge in [-0.3, -0.25) is 9.59 Å². The Morgan fingerprint density at radius 2 is 1.78 bits per heavy atom. The van der Waals surface area contributed by atoms with Crippen LogP contribution in [0.25, 0.3) is 10.8 Å². The summed E-state index contributed by atoms with van der Waals surface area (Å²) in [6.45, 7) is 4.29. The number of amides is 2. The summed E-state index contributed by atoms with van der Waals surface area (Å²) in [6, 6.07) is 21.6. The fourth-order valence-electron chi connectivity index (χ4n) is 4.47. The van der Waals surface area contributed by atoms with Crippen molar-refractivity contribution >= 4 is 22.6 Å². The van der Waals surface area contributed by atoms with E-state index in [2.05, 4.69) is 0 Å². The smallest absolute Gasteiger partial charge is 0.254 e. The first-order valence-corrected chi connectivity index (χ1v) is 11.3. The maximum absolute atomic E-state index is 13.3. The van der Waals surface area contributed by atoms with E-state index in [9.17, 15) is 9.59 Å². The molecule has 0 saturated carbocycles. The zero-order valence-electron chi connectivity index (χ0n) is 18.8. The van der Waals surface area contributed by atoms with E-state index < -0.39 is 0 Å². The molecule has 166 valence electrons. The highest BCUT2D eigenvalue weighted by atomic mass is 16.5. The predicted octanol–water partition coefficient (Wildman–Crippen LogP) is 4.75. The van der Waals surface area contributed by atoms with E-state index >= 15 is 0 Å². The van der Waals surface area contributed by atoms with Crippen LogP contribution in [0.4, 0.5) is 0 Å². The van der Waals surface area contributed by atoms with Crippen molar-refractivity contribution in [3.63, 3.8) is 0 Å². The minimum atomic E-state index is -0.171. The maximum atomic E-state index is 13.3. The molecule has 1 aliphatic rings. The van der Waals surface area contributed by atoms with Gasteiger partial charge in [0.1, 0.15) is 5.75 Å². The Labute approximate surface area is 189 Å². The number of hydrogen-bond acceptors (Lipinski definition) is 3. The molecule has 0 bridgehead atoms. The van der Waals surface area contributed by atoms with Crippen molar-refractivity contribution in [2.45, 2.75) is 26.3 Å². The third-order valence-electron chi connectivity index (χ3n) is 6.11. The summed E-state index contributed by atoms with van der Waals surface area (Å²) >= 11 is 0. The lowest BCUT2D eigenvalue weighted by atomic mass is 9.95. The van der Waals surface area contributed by atoms with Gasteiger partial charge in [-0.15, -0.1) is 0 Å². The van der Waals surface area contributed by atoms with Crippen LogP contribution in [-0.2, 0) is 11.3 Å². The van der Waals surface area contributed by atoms with Crippen molar-refractivity contribution in [3.05, 3.63) is 77.9 Å². The third kappa shape index (κ3) is 4.77. The topological polar surface area (TPSA) is 49.9 Å². The molecular weight excluding hydrogens is 400 g/mol. The first kappa shape index (κ1) is 21.9. The number of benzene rings is 3. The summed E-state index contributed by atoms with van der Waals surface area (Å²) in [6.07, 6.45) is 1.65. The van der Waals surface area contributed by atoms with Gasteiger partial charge >= 0.3 is 0 Å². The van der Waals surface area contributed by atoms with Crippen LogP contribution in [0.1, 0.15) is 35.7 Å². The molecule has 1 saturated heterocycles. The molecule has 1 aliphatic heterocycles. The van der Waals surface area contributed by atoms with E-state index in [-0.39, 0.29) is 17.7 Å². The molecule has 0 N–H and O–H groups in total. The van der Waals surface area contributed by atoms with Gasteiger partial charge in [0, 0.05) is 32.2 Å². The average molecular weight is 431 g/mol. The predicted molar refractivity (Wildman–Crippen MR) is 127 cm³/mol. The molecule has 0 aromatic heterocycles. The zero-order valence-corrected chi connectivity index (χ0v) is 18.8. The first-order chi connectivity index (χ1) is 15.6. The lowest BCUT2D eigenvalue weighted by Gasteiger charge is -2.34. The van der Waals surface area contributed by atoms with Gasteiger partial charge in [-0.1, -0.05) is 48.5 Å². The molecule has 3 aromatic rings. The van der Waals surface area contributed by atoms with Gasteiger partial charge in [-0.05, 0) is 54.3 Å². The van der Waals surface area contributed by atoms with E-state index in [1.807, 2.05) is 85.6 Å². The normalized spacial score (nSPS) is 16.1. The van der Waals surface area contributed by atoms with Crippen LogP contribution in [0.15, 0.2) is 66.7 Å². The second-order valence-corrected chi connectivity index (χ2v) is 8.39. The maximum Gasteiger partial charge on any atom is 0.254 e. The summed E-state index contributed by atoms with van der Waals surface area (Å²) < 4.78 is 5.49. The van der Waals surface area contributed by atoms with Gasteiger partial charge in [-0.25, -0.2) is 0 Å². The molecular formula is C27H30N2O3. The number of rotatable bonds is 6. The molecule has 1 heterocycles. The van der Waals surface area contributed by atoms with Crippen LogP contribution in [0.3, 0.4) is 0 Å². The Morgan fingerprint density at radius 1 is 1.03 bits per heavy atom. The van der Waals surface area contributed by atoms with Crippen LogP contribution < -0.4 is 4.74 Å². The number of hydrogen-bond donors (Lipinski definition) is 0. The highest BCUT2D eigenvalue weighted by Crippen LogP contribution is 2.25. The molecule has 0 spiro atoms. The molecule has 1 unspecified atom stereocenters. The Balaban J connectivity index is 1.42. The zero-order chi connectivity index (χ0) is 22.5. The second kappa shape index (κ2) is 9.86. The number of ether oxygens (including phenoxy) is 1. The van der Waals surface area contributed by atoms with E-state index in [1.54, 1.807) is 4.90 Å². The fraction of sp³-hybridized carbons (Fsp3) is 0.333. The number of carbonyl (C=O) groups is 2. The number of likely N-dealkylation sites (tertiary alicyclic amines) is 1. The summed E-state index contributed by atoms with van der Waals surface area (Å²) in [4.78, 5) is 30.1. The Bertz CT molecular complexity index is 1090. The average Bonchev–Trinajstić information content (AvgIpc) is 2.84. The van der Waals surface area contributed by atoms with Crippen molar-refractivity contribution in [2.24, 2.45) is 5.92 Å². The van der Waals surface area contributed by atoms with Crippen LogP contribution >= 0.6 is 0 Å². The first-order valence-electron chi connectivity index (χ1n) is 11.3. The number of piperidine rings is 1. The fourth-order valence-corrected chi connectivity index (χ4v) is 4.47. The van der Waals surface area contributed by atoms with Gasteiger partial charge < -0.3 is 14.5 Å². The van der Waals surface area contributed by atoms with Gasteiger partial charge in [0.2, 0.25) is 5.91 Å². The molecule has 32 heavy (non-hydrogen) atoms. The molecule has 1 atom stereocenters. The van der Waals surface area contributed by atoms with Crippen molar-refractivity contribution in [1.82, 2.24) is 9.80 Å². The molecule has 5 nitrogen and oxygen atoms in total. The number of nitrogens with zero attached hydrogens (tertiary/aromatic N) is 2. The molecule has 1 fully saturated rings. The van der Waals surface area contributed by atoms with E-state index in [0.29, 0.717) is 31.8 Å². The van der Waals surface area contributed by atoms with E-state index in [1.165, 1.54) is 0 Å². The van der Waals surface area contributed by atoms with Crippen molar-refractivity contribution in [1.29, 1.82) is 0 Å². The Hall–Kier alpha value is -3.34. The second-order valence-electron chi connectivity index (χ2n) is 8.39. The standard InChI is InChI=1S/C27H30N2O3/c1-3-32-23-15-13-20(14-16-23)18-28(2)26(30)22-10-7-17-29(19-22)27(31)25-12-6-9-21-8-4-5-11-24(21)25/h4-6,8-9,11-16,22H,3,7,10,17-19H2,1-2H3. The Kier molecular flexibility index (Phi) is 6.74. The highest BCUT2D eigenvalue weighted by Gasteiger charge is 2.31. The summed E-state index contributed by atoms with van der Waals surface area (Å²) in [5.41, 5.74) is 1.77. The van der Waals surface area contributed by atoms with Gasteiger partial charge in [-0.2, -0.15) is 0 Å². The summed E-state index contributed by atoms with van der Waals surface area (Å²) in [5.74, 6) is 0.762. The quantitative estimate of drug-likeness (QED) is 0.567. The molecule has 5 heteroatoms. The van der Waals surface area contributed by atoms with E-state index in [0.717, 1.165) is 34.9 Å². The highest BCUT2D eigenvalue weighted by molar-refractivity contribution is 6.07. The molecule has 4 rings (SSSR count). The molecule has 2 amide bonds. The molecule has 0 aliphatic carbocycles. The van der Waals surface area contributed by atoms with Gasteiger partial charge in [0.25, 0.3) is 5.91 Å². The Morgan fingerprint density at radius 3 is 2.56 bits per heavy atom. The molecule has 0 radical (unpaired) electrons. The molecule has 3 aromatic carbocycles. The monoisotopic (exact) mass is 430 g/mol. The van der Waals surface area contributed by atoms with Crippen LogP contribution in [0.2, 0.25) is 0 Å². The minimum Gasteiger partial charge on any atom is -0.494 e. The van der Waals surface area contributed by atoms with E-state index in [4.69, 9.17) is 4.74 Å². The number of fused-ring (bicyclic) bond motifs is 1. The van der Waals surface area contributed by atoms with Crippen molar-refractivity contribution in [2.75, 3.05) is 26.7 Å². The van der Waals surface area contributed by atoms with Crippen LogP contribution in [-0.4, -0.2) is 48.4 Å². The van der Waals surface area contributed by atoms with Crippen molar-refractivity contribution in [3.8, 4) is 5.75 Å². The SMILES string of the molecule is CCOc1ccc(CN(C)C(=O)C2CCCN(C(=O)c3cccc4ccccc34)C2)cc1. The van der Waals surface area contributed by atoms with Gasteiger partial charge in [0.15, 0.2) is 0 Å². The minimum absolute atomic E-state index is 0.00784. The lowest BCUT2D eigenvalue weighted by molar-refractivity contribution is -0.136. The van der Waals surface area contributed by atoms with Crippen molar-refractivity contribution < 1.29 is 14.3 Å². The lowest BCUT2D eigenvalue weighted by Crippen LogP contribution is -2.45. The summed E-state index contributed by atoms with van der Waals surface area (Å²) in [5, 5.41) is 2.01. The largest absolute Gasteiger partial charge is 0.494 e. The summed E-state index contributed by atoms with van der Waals surface area (Å²) in [7, 11) is 1.84. The van der Waals surface area contributed by atoms with Crippen LogP contribution in [0, 0.1) is 5.92 Å².